The van der Waals surface area contributed by atoms with E-state index in [0.29, 0.717) is 11.5 Å². The summed E-state index contributed by atoms with van der Waals surface area (Å²) in [7, 11) is 1.86. The zero-order chi connectivity index (χ0) is 9.19. The molecule has 1 spiro atoms. The second-order valence-corrected chi connectivity index (χ2v) is 3.95. The van der Waals surface area contributed by atoms with Gasteiger partial charge in [-0.1, -0.05) is 27.2 Å². The van der Waals surface area contributed by atoms with Crippen LogP contribution in [0, 0.1) is 11.3 Å². The van der Waals surface area contributed by atoms with Gasteiger partial charge < -0.3 is 4.74 Å². The first kappa shape index (κ1) is 10.0. The Morgan fingerprint density at radius 2 is 1.83 bits per heavy atom. The van der Waals surface area contributed by atoms with Crippen LogP contribution < -0.4 is 0 Å². The van der Waals surface area contributed by atoms with Crippen LogP contribution in [0.25, 0.3) is 0 Å². The highest BCUT2D eigenvalue weighted by molar-refractivity contribution is 5.06. The minimum Gasteiger partial charge on any atom is -0.381 e. The van der Waals surface area contributed by atoms with E-state index in [1.165, 1.54) is 25.7 Å². The van der Waals surface area contributed by atoms with Crippen molar-refractivity contribution in [3.05, 3.63) is 0 Å². The van der Waals surface area contributed by atoms with Gasteiger partial charge in [0.1, 0.15) is 0 Å². The van der Waals surface area contributed by atoms with Gasteiger partial charge >= 0.3 is 0 Å². The molecular formula is C11H22O. The molecule has 0 radical (unpaired) electrons. The SMILES string of the molecule is CC.COC1CC(C)C12CCC2. The van der Waals surface area contributed by atoms with Crippen molar-refractivity contribution in [2.75, 3.05) is 7.11 Å². The third-order valence-electron chi connectivity index (χ3n) is 3.76. The number of hydrogen-bond acceptors (Lipinski definition) is 1. The van der Waals surface area contributed by atoms with Gasteiger partial charge in [-0.15, -0.1) is 0 Å². The normalized spacial score (nSPS) is 36.0. The highest BCUT2D eigenvalue weighted by Crippen LogP contribution is 2.60. The first-order valence-corrected chi connectivity index (χ1v) is 5.32. The highest BCUT2D eigenvalue weighted by Gasteiger charge is 2.56. The van der Waals surface area contributed by atoms with Crippen molar-refractivity contribution < 1.29 is 4.74 Å². The fourth-order valence-electron chi connectivity index (χ4n) is 2.68. The molecule has 0 saturated heterocycles. The Morgan fingerprint density at radius 3 is 2.00 bits per heavy atom. The summed E-state index contributed by atoms with van der Waals surface area (Å²) in [6, 6.07) is 0. The lowest BCUT2D eigenvalue weighted by atomic mass is 9.48. The van der Waals surface area contributed by atoms with Crippen LogP contribution in [0.1, 0.15) is 46.5 Å². The fraction of sp³-hybridized carbons (Fsp3) is 1.00. The third-order valence-corrected chi connectivity index (χ3v) is 3.76. The van der Waals surface area contributed by atoms with Crippen molar-refractivity contribution in [1.82, 2.24) is 0 Å². The van der Waals surface area contributed by atoms with Gasteiger partial charge in [0.2, 0.25) is 0 Å². The highest BCUT2D eigenvalue weighted by atomic mass is 16.5. The maximum absolute atomic E-state index is 5.41. The lowest BCUT2D eigenvalue weighted by Gasteiger charge is -2.60. The molecule has 0 aliphatic heterocycles. The number of methoxy groups -OCH3 is 1. The average Bonchev–Trinajstić information content (AvgIpc) is 2.00. The molecule has 2 rings (SSSR count). The second kappa shape index (κ2) is 3.78. The van der Waals surface area contributed by atoms with Gasteiger partial charge in [0.05, 0.1) is 6.10 Å². The molecule has 0 heterocycles. The van der Waals surface area contributed by atoms with Gasteiger partial charge in [-0.2, -0.15) is 0 Å². The zero-order valence-electron chi connectivity index (χ0n) is 8.89. The first-order chi connectivity index (χ1) is 5.79. The molecular weight excluding hydrogens is 148 g/mol. The van der Waals surface area contributed by atoms with Crippen LogP contribution in [-0.4, -0.2) is 13.2 Å². The molecule has 72 valence electrons. The number of rotatable bonds is 1. The van der Waals surface area contributed by atoms with Gasteiger partial charge in [0, 0.05) is 7.11 Å². The van der Waals surface area contributed by atoms with Crippen LogP contribution >= 0.6 is 0 Å². The Hall–Kier alpha value is -0.0400. The van der Waals surface area contributed by atoms with Gasteiger partial charge in [0.15, 0.2) is 0 Å². The van der Waals surface area contributed by atoms with Gasteiger partial charge in [-0.25, -0.2) is 0 Å². The van der Waals surface area contributed by atoms with Crippen LogP contribution in [-0.2, 0) is 4.74 Å². The van der Waals surface area contributed by atoms with E-state index in [9.17, 15) is 0 Å². The molecule has 2 atom stereocenters. The largest absolute Gasteiger partial charge is 0.381 e. The lowest BCUT2D eigenvalue weighted by Crippen LogP contribution is -2.56. The molecule has 0 aromatic rings. The predicted molar refractivity (Wildman–Crippen MR) is 52.2 cm³/mol. The smallest absolute Gasteiger partial charge is 0.0632 e. The Labute approximate surface area is 76.5 Å². The molecule has 0 aromatic carbocycles. The summed E-state index contributed by atoms with van der Waals surface area (Å²) in [5.41, 5.74) is 0.648. The molecule has 2 aliphatic rings. The number of ether oxygens (including phenoxy) is 1. The fourth-order valence-corrected chi connectivity index (χ4v) is 2.68. The molecule has 0 bridgehead atoms. The average molecular weight is 170 g/mol. The van der Waals surface area contributed by atoms with Crippen molar-refractivity contribution in [2.24, 2.45) is 11.3 Å². The summed E-state index contributed by atoms with van der Waals surface area (Å²) in [6.45, 7) is 6.37. The maximum Gasteiger partial charge on any atom is 0.0632 e. The maximum atomic E-state index is 5.41. The van der Waals surface area contributed by atoms with Gasteiger partial charge in [0.25, 0.3) is 0 Å². The molecule has 1 nitrogen and oxygen atoms in total. The molecule has 2 aliphatic carbocycles. The van der Waals surface area contributed by atoms with Crippen LogP contribution in [0.5, 0.6) is 0 Å². The molecule has 2 fully saturated rings. The van der Waals surface area contributed by atoms with Gasteiger partial charge in [-0.3, -0.25) is 0 Å². The second-order valence-electron chi connectivity index (χ2n) is 3.95. The molecule has 0 aromatic heterocycles. The molecule has 2 saturated carbocycles. The molecule has 2 unspecified atom stereocenters. The summed E-state index contributed by atoms with van der Waals surface area (Å²) < 4.78 is 5.41. The van der Waals surface area contributed by atoms with E-state index in [1.807, 2.05) is 21.0 Å². The first-order valence-electron chi connectivity index (χ1n) is 5.32. The summed E-state index contributed by atoms with van der Waals surface area (Å²) in [5, 5.41) is 0. The van der Waals surface area contributed by atoms with E-state index in [1.54, 1.807) is 0 Å². The van der Waals surface area contributed by atoms with Gasteiger partial charge in [-0.05, 0) is 30.6 Å². The third kappa shape index (κ3) is 1.19. The van der Waals surface area contributed by atoms with E-state index in [2.05, 4.69) is 6.92 Å². The van der Waals surface area contributed by atoms with Crippen LogP contribution in [0.4, 0.5) is 0 Å². The van der Waals surface area contributed by atoms with Crippen molar-refractivity contribution in [3.63, 3.8) is 0 Å². The van der Waals surface area contributed by atoms with Crippen molar-refractivity contribution in [2.45, 2.75) is 52.6 Å². The van der Waals surface area contributed by atoms with Crippen molar-refractivity contribution in [3.8, 4) is 0 Å². The van der Waals surface area contributed by atoms with E-state index < -0.39 is 0 Å². The molecule has 0 amide bonds. The standard InChI is InChI=1S/C9H16O.C2H6/c1-7-6-8(10-2)9(7)4-3-5-9;1-2/h7-8H,3-6H2,1-2H3;1-2H3. The number of hydrogen-bond donors (Lipinski definition) is 0. The Morgan fingerprint density at radius 1 is 1.25 bits per heavy atom. The minimum absolute atomic E-state index is 0.608. The summed E-state index contributed by atoms with van der Waals surface area (Å²) in [4.78, 5) is 0. The van der Waals surface area contributed by atoms with E-state index in [0.717, 1.165) is 5.92 Å². The van der Waals surface area contributed by atoms with E-state index in [4.69, 9.17) is 4.74 Å². The zero-order valence-corrected chi connectivity index (χ0v) is 8.89. The monoisotopic (exact) mass is 170 g/mol. The summed E-state index contributed by atoms with van der Waals surface area (Å²) in [5.74, 6) is 0.936. The summed E-state index contributed by atoms with van der Waals surface area (Å²) >= 11 is 0. The molecule has 12 heavy (non-hydrogen) atoms. The van der Waals surface area contributed by atoms with Crippen LogP contribution in [0.15, 0.2) is 0 Å². The Bertz CT molecular complexity index is 138. The van der Waals surface area contributed by atoms with Crippen molar-refractivity contribution >= 4 is 0 Å². The summed E-state index contributed by atoms with van der Waals surface area (Å²) in [6.07, 6.45) is 6.19. The van der Waals surface area contributed by atoms with Crippen molar-refractivity contribution in [1.29, 1.82) is 0 Å². The quantitative estimate of drug-likeness (QED) is 0.587. The van der Waals surface area contributed by atoms with Crippen LogP contribution in [0.3, 0.4) is 0 Å². The molecule has 1 heteroatoms. The van der Waals surface area contributed by atoms with Crippen LogP contribution in [0.2, 0.25) is 0 Å². The topological polar surface area (TPSA) is 9.23 Å². The molecule has 0 N–H and O–H groups in total. The Kier molecular flexibility index (Phi) is 3.16. The van der Waals surface area contributed by atoms with E-state index >= 15 is 0 Å². The predicted octanol–water partition coefficient (Wildman–Crippen LogP) is 3.24. The minimum atomic E-state index is 0.608. The lowest BCUT2D eigenvalue weighted by molar-refractivity contribution is -0.178. The van der Waals surface area contributed by atoms with E-state index in [-0.39, 0.29) is 0 Å². The Balaban J connectivity index is 0.000000336.